The van der Waals surface area contributed by atoms with Crippen molar-refractivity contribution >= 4 is 17.1 Å². The lowest BCUT2D eigenvalue weighted by atomic mass is 9.67. The maximum absolute atomic E-state index is 9.63. The van der Waals surface area contributed by atoms with Crippen LogP contribution < -0.4 is 4.90 Å². The van der Waals surface area contributed by atoms with E-state index in [1.165, 1.54) is 6.07 Å². The van der Waals surface area contributed by atoms with E-state index >= 15 is 0 Å². The molecule has 296 valence electrons. The van der Waals surface area contributed by atoms with Gasteiger partial charge >= 0.3 is 0 Å². The lowest BCUT2D eigenvalue weighted by Crippen LogP contribution is -2.29. The van der Waals surface area contributed by atoms with Crippen molar-refractivity contribution < 1.29 is 26.0 Å². The van der Waals surface area contributed by atoms with Crippen molar-refractivity contribution in [1.82, 2.24) is 0 Å². The Kier molecular flexibility index (Phi) is 5.24. The normalized spacial score (nSPS) is 19.4. The number of hydrogen-bond donors (Lipinski definition) is 0. The molecular formula is C62H43N. The van der Waals surface area contributed by atoms with Gasteiger partial charge in [0, 0.05) is 17.1 Å². The van der Waals surface area contributed by atoms with Gasteiger partial charge in [0.15, 0.2) is 0 Å². The van der Waals surface area contributed by atoms with Gasteiger partial charge in [0.1, 0.15) is 0 Å². The largest absolute Gasteiger partial charge is 0.310 e. The van der Waals surface area contributed by atoms with Crippen LogP contribution in [0.2, 0.25) is 0 Å². The van der Waals surface area contributed by atoms with E-state index in [-0.39, 0.29) is 33.4 Å². The molecule has 0 bridgehead atoms. The maximum atomic E-state index is 9.63. The first-order valence-corrected chi connectivity index (χ1v) is 20.4. The summed E-state index contributed by atoms with van der Waals surface area (Å²) in [7, 11) is 0. The molecule has 0 aliphatic heterocycles. The Morgan fingerprint density at radius 1 is 0.286 bits per heavy atom. The Labute approximate surface area is 396 Å². The fraction of sp³-hybridized carbons (Fsp3) is 0.0323. The zero-order valence-electron chi connectivity index (χ0n) is 52.3. The molecule has 10 aromatic rings. The summed E-state index contributed by atoms with van der Waals surface area (Å²) in [5, 5.41) is 0. The van der Waals surface area contributed by atoms with E-state index in [4.69, 9.17) is 16.4 Å². The molecule has 0 radical (unpaired) electrons. The van der Waals surface area contributed by atoms with Crippen molar-refractivity contribution in [2.75, 3.05) is 4.90 Å². The third-order valence-corrected chi connectivity index (χ3v) is 12.4. The van der Waals surface area contributed by atoms with Gasteiger partial charge in [-0.25, -0.2) is 0 Å². The van der Waals surface area contributed by atoms with E-state index in [9.17, 15) is 9.60 Å². The Morgan fingerprint density at radius 3 is 1.17 bits per heavy atom. The van der Waals surface area contributed by atoms with E-state index < -0.39 is 126 Å². The van der Waals surface area contributed by atoms with Crippen LogP contribution in [0.15, 0.2) is 260 Å². The molecule has 10 aromatic carbocycles. The van der Waals surface area contributed by atoms with Crippen molar-refractivity contribution in [1.29, 1.82) is 0 Å². The first-order valence-electron chi connectivity index (χ1n) is 29.9. The van der Waals surface area contributed by atoms with Crippen molar-refractivity contribution in [3.8, 4) is 33.4 Å². The average molecular weight is 821 g/mol. The van der Waals surface area contributed by atoms with E-state index in [0.717, 1.165) is 11.1 Å². The molecular weight excluding hydrogens is 759 g/mol. The summed E-state index contributed by atoms with van der Waals surface area (Å²) >= 11 is 0. The van der Waals surface area contributed by atoms with Crippen LogP contribution in [0.5, 0.6) is 0 Å². The first-order chi connectivity index (χ1) is 39.1. The smallest absolute Gasteiger partial charge is 0.0714 e. The Morgan fingerprint density at radius 2 is 0.667 bits per heavy atom. The van der Waals surface area contributed by atoms with Crippen LogP contribution in [0.4, 0.5) is 17.1 Å². The molecule has 2 aliphatic carbocycles. The van der Waals surface area contributed by atoms with Crippen LogP contribution in [0.1, 0.15) is 70.6 Å². The van der Waals surface area contributed by atoms with Gasteiger partial charge in [-0.15, -0.1) is 0 Å². The maximum Gasteiger partial charge on any atom is 0.0714 e. The molecule has 1 unspecified atom stereocenters. The van der Waals surface area contributed by atoms with Crippen molar-refractivity contribution in [3.05, 3.63) is 305 Å². The van der Waals surface area contributed by atoms with Gasteiger partial charge in [-0.3, -0.25) is 0 Å². The first kappa shape index (κ1) is 22.2. The summed E-state index contributed by atoms with van der Waals surface area (Å²) in [5.74, 6) is 0. The van der Waals surface area contributed by atoms with E-state index in [2.05, 4.69) is 0 Å². The molecule has 0 heterocycles. The molecule has 63 heavy (non-hydrogen) atoms. The Balaban J connectivity index is 1.23. The summed E-state index contributed by atoms with van der Waals surface area (Å²) in [4.78, 5) is 1.84. The van der Waals surface area contributed by atoms with Crippen LogP contribution in [-0.2, 0) is 10.8 Å². The summed E-state index contributed by atoms with van der Waals surface area (Å²) in [6, 6.07) is 30.6. The Bertz CT molecular complexity index is 4250. The van der Waals surface area contributed by atoms with Crippen LogP contribution in [0.3, 0.4) is 0 Å². The van der Waals surface area contributed by atoms with Gasteiger partial charge in [-0.05, 0) is 114 Å². The molecule has 12 rings (SSSR count). The zero-order valence-corrected chi connectivity index (χ0v) is 33.3. The summed E-state index contributed by atoms with van der Waals surface area (Å²) in [5.41, 5.74) is 0.870. The molecule has 0 saturated heterocycles. The number of anilines is 3. The summed E-state index contributed by atoms with van der Waals surface area (Å²) < 4.78 is 174. The second kappa shape index (κ2) is 14.9. The fourth-order valence-corrected chi connectivity index (χ4v) is 9.85. The molecule has 0 N–H and O–H groups in total. The Hall–Kier alpha value is -8.00. The second-order valence-electron chi connectivity index (χ2n) is 15.4. The highest BCUT2D eigenvalue weighted by Gasteiger charge is 2.48. The standard InChI is InChI=1S/C62H43N/c1-6-20-44(21-7-1)45-34-36-50(37-35-45)63(51-38-40-55-53-30-16-18-32-57(53)61(59(55)42-51,46-22-8-2-9-23-46)47-24-10-3-11-25-47)52-39-41-56-54-31-17-19-33-58(54)62(60(56)43-52,48-26-12-4-13-27-48)49-28-14-5-15-29-49/h1-43H/i2D,3D,4D,5D,8D,9D,10D,11D,12D,13D,14D,15D,22D,23D,24D,25D,26D,27D,28D. The minimum Gasteiger partial charge on any atom is -0.310 e. The SMILES string of the molecule is [2H]c1cc(C2(c3c([2H])c([2H])c([2H])c([2H])c3[2H])c3ccccc3-c3ccc(N(c4ccc(-c5ccccc5)cc4)c4ccc5c(c4)C(c4c([2H])c([2H])c([2H])c([2H])c4[2H])(c4c([2H])c([2H])c([2H])c([2H])c4[2H])c4ccccc4-5)cc32)c([2H])c([2H])c1[2H]. The fourth-order valence-electron chi connectivity index (χ4n) is 9.85. The van der Waals surface area contributed by atoms with Gasteiger partial charge in [-0.2, -0.15) is 0 Å². The number of rotatable bonds is 8. The lowest BCUT2D eigenvalue weighted by molar-refractivity contribution is 0.767. The van der Waals surface area contributed by atoms with Crippen molar-refractivity contribution in [2.45, 2.75) is 10.8 Å². The van der Waals surface area contributed by atoms with Crippen LogP contribution in [-0.4, -0.2) is 0 Å². The third kappa shape index (κ3) is 5.56. The number of benzene rings is 10. The van der Waals surface area contributed by atoms with Crippen LogP contribution in [0, 0.1) is 0 Å². The van der Waals surface area contributed by atoms with Gasteiger partial charge in [0.25, 0.3) is 0 Å². The quantitative estimate of drug-likeness (QED) is 0.148. The van der Waals surface area contributed by atoms with Gasteiger partial charge in [0.2, 0.25) is 0 Å². The average Bonchev–Trinajstić information content (AvgIpc) is 1.51. The highest BCUT2D eigenvalue weighted by Crippen LogP contribution is 2.59. The molecule has 2 aliphatic rings. The summed E-state index contributed by atoms with van der Waals surface area (Å²) in [6.07, 6.45) is 0. The molecule has 1 heteroatoms. The molecule has 0 aromatic heterocycles. The molecule has 0 fully saturated rings. The molecule has 1 nitrogen and oxygen atoms in total. The number of nitrogens with zero attached hydrogens (tertiary/aromatic N) is 1. The zero-order chi connectivity index (χ0) is 58.3. The highest BCUT2D eigenvalue weighted by molar-refractivity contribution is 5.92. The molecule has 0 saturated carbocycles. The van der Waals surface area contributed by atoms with Gasteiger partial charge in [0.05, 0.1) is 36.9 Å². The predicted octanol–water partition coefficient (Wildman–Crippen LogP) is 15.5. The minimum atomic E-state index is -2.20. The molecule has 0 amide bonds. The van der Waals surface area contributed by atoms with Crippen LogP contribution >= 0.6 is 0 Å². The number of fused-ring (bicyclic) bond motifs is 6. The lowest BCUT2D eigenvalue weighted by Gasteiger charge is -2.36. The van der Waals surface area contributed by atoms with E-state index in [1.807, 2.05) is 59.5 Å². The topological polar surface area (TPSA) is 3.24 Å². The monoisotopic (exact) mass is 820 g/mol. The van der Waals surface area contributed by atoms with Gasteiger partial charge < -0.3 is 4.90 Å². The van der Waals surface area contributed by atoms with Gasteiger partial charge in [-0.1, -0.05) is 224 Å². The number of hydrogen-bond acceptors (Lipinski definition) is 1. The highest BCUT2D eigenvalue weighted by atomic mass is 15.1. The van der Waals surface area contributed by atoms with E-state index in [0.29, 0.717) is 50.4 Å². The third-order valence-electron chi connectivity index (χ3n) is 12.4. The van der Waals surface area contributed by atoms with Crippen molar-refractivity contribution in [3.63, 3.8) is 0 Å². The molecule has 0 spiro atoms. The minimum absolute atomic E-state index is 0.0866. The van der Waals surface area contributed by atoms with E-state index in [1.54, 1.807) is 84.9 Å². The molecule has 1 atom stereocenters. The van der Waals surface area contributed by atoms with Crippen molar-refractivity contribution in [2.24, 2.45) is 0 Å². The summed E-state index contributed by atoms with van der Waals surface area (Å²) in [6.45, 7) is 0. The van der Waals surface area contributed by atoms with Crippen LogP contribution in [0.25, 0.3) is 33.4 Å². The second-order valence-corrected chi connectivity index (χ2v) is 15.4. The predicted molar refractivity (Wildman–Crippen MR) is 261 cm³/mol.